The van der Waals surface area contributed by atoms with Crippen LogP contribution in [0.4, 0.5) is 8.78 Å². The number of carbonyl (C=O) groups is 2. The number of allylic oxidation sites excluding steroid dienone is 1. The van der Waals surface area contributed by atoms with Crippen molar-refractivity contribution in [1.29, 1.82) is 0 Å². The molecule has 1 aromatic heterocycles. The Morgan fingerprint density at radius 2 is 1.91 bits per heavy atom. The van der Waals surface area contributed by atoms with Crippen LogP contribution in [0.2, 0.25) is 10.2 Å². The second-order valence-corrected chi connectivity index (χ2v) is 15.4. The smallest absolute Gasteiger partial charge is 0.263 e. The van der Waals surface area contributed by atoms with Crippen molar-refractivity contribution in [3.63, 3.8) is 0 Å². The standard InChI is InChI=1S/C33H36Cl2F2N6O2S/c1-17(2)26-27(30(45)41-15-21(36)12-24(41)29(44)42-16-33(9-10-33)39-13-18(42)3)46-31-40-32(4,20-6-8-25(35)38-14-20)28(43(26)31)19-5-7-22(34)23(37)11-19/h5-8,11,14,17-18,21,24,28,39H,9-10,12-13,15-16H2,1-4H3/t18-,21+,24-,28+,32-/m0/s1. The molecule has 2 saturated heterocycles. The van der Waals surface area contributed by atoms with E-state index in [4.69, 9.17) is 28.2 Å². The van der Waals surface area contributed by atoms with E-state index in [2.05, 4.69) is 10.3 Å². The molecule has 5 atom stereocenters. The van der Waals surface area contributed by atoms with E-state index >= 15 is 4.39 Å². The normalized spacial score (nSPS) is 30.0. The fraction of sp³-hybridized carbons (Fsp3) is 0.515. The number of aliphatic imine (C=N–C) groups is 1. The lowest BCUT2D eigenvalue weighted by atomic mass is 9.81. The number of nitrogens with zero attached hydrogens (tertiary/aromatic N) is 5. The second-order valence-electron chi connectivity index (χ2n) is 13.6. The number of amidine groups is 1. The van der Waals surface area contributed by atoms with Crippen molar-refractivity contribution in [2.24, 2.45) is 10.9 Å². The summed E-state index contributed by atoms with van der Waals surface area (Å²) in [5.41, 5.74) is 1.10. The van der Waals surface area contributed by atoms with Crippen molar-refractivity contribution in [3.05, 3.63) is 74.3 Å². The molecular weight excluding hydrogens is 653 g/mol. The number of likely N-dealkylation sites (tertiary alicyclic amines) is 1. The second kappa shape index (κ2) is 11.5. The lowest BCUT2D eigenvalue weighted by Crippen LogP contribution is -2.61. The number of rotatable bonds is 5. The van der Waals surface area contributed by atoms with E-state index in [-0.39, 0.29) is 47.3 Å². The van der Waals surface area contributed by atoms with E-state index in [0.29, 0.717) is 39.6 Å². The number of pyridine rings is 1. The number of nitrogens with one attached hydrogen (secondary N) is 1. The molecule has 5 aliphatic rings. The van der Waals surface area contributed by atoms with Gasteiger partial charge >= 0.3 is 0 Å². The third-order valence-corrected chi connectivity index (χ3v) is 11.6. The van der Waals surface area contributed by atoms with Gasteiger partial charge in [0.2, 0.25) is 5.91 Å². The van der Waals surface area contributed by atoms with Crippen LogP contribution in [-0.4, -0.2) is 80.1 Å². The third kappa shape index (κ3) is 5.22. The van der Waals surface area contributed by atoms with E-state index < -0.39 is 29.6 Å². The molecule has 244 valence electrons. The zero-order valence-corrected chi connectivity index (χ0v) is 28.4. The molecule has 2 aromatic rings. The largest absolute Gasteiger partial charge is 0.335 e. The summed E-state index contributed by atoms with van der Waals surface area (Å²) < 4.78 is 30.1. The highest BCUT2D eigenvalue weighted by atomic mass is 35.5. The number of thioether (sulfide) groups is 1. The molecule has 8 nitrogen and oxygen atoms in total. The zero-order chi connectivity index (χ0) is 32.7. The number of piperazine rings is 1. The molecule has 0 unspecified atom stereocenters. The van der Waals surface area contributed by atoms with Gasteiger partial charge in [-0.2, -0.15) is 0 Å². The summed E-state index contributed by atoms with van der Waals surface area (Å²) in [6, 6.07) is 6.72. The number of carbonyl (C=O) groups excluding carboxylic acids is 2. The molecule has 0 bridgehead atoms. The lowest BCUT2D eigenvalue weighted by Gasteiger charge is -2.41. The molecule has 1 aromatic carbocycles. The van der Waals surface area contributed by atoms with Gasteiger partial charge in [-0.3, -0.25) is 9.59 Å². The minimum Gasteiger partial charge on any atom is -0.335 e. The number of aromatic nitrogens is 1. The molecule has 1 spiro atoms. The van der Waals surface area contributed by atoms with Gasteiger partial charge in [-0.25, -0.2) is 18.8 Å². The predicted molar refractivity (Wildman–Crippen MR) is 176 cm³/mol. The first-order chi connectivity index (χ1) is 21.8. The summed E-state index contributed by atoms with van der Waals surface area (Å²) in [6.45, 7) is 8.99. The van der Waals surface area contributed by atoms with Crippen LogP contribution >= 0.6 is 35.0 Å². The first kappa shape index (κ1) is 31.8. The van der Waals surface area contributed by atoms with E-state index in [1.54, 1.807) is 18.3 Å². The Labute approximate surface area is 281 Å². The fourth-order valence-electron chi connectivity index (χ4n) is 7.35. The molecule has 1 saturated carbocycles. The summed E-state index contributed by atoms with van der Waals surface area (Å²) in [4.78, 5) is 43.6. The summed E-state index contributed by atoms with van der Waals surface area (Å²) in [5, 5.41) is 4.45. The molecule has 3 fully saturated rings. The number of alkyl halides is 1. The SMILES string of the molecule is CC(C)C1=C(C(=O)N2C[C@H](F)C[C@H]2C(=O)N2CC3(CC3)NC[C@@H]2C)SC2=N[C@@](C)(c3ccc(Cl)nc3)[C@@H](c3ccc(Cl)c(F)c3)N21. The topological polar surface area (TPSA) is 81.1 Å². The van der Waals surface area contributed by atoms with Crippen LogP contribution in [0.25, 0.3) is 0 Å². The average molecular weight is 690 g/mol. The summed E-state index contributed by atoms with van der Waals surface area (Å²) >= 11 is 13.4. The molecule has 4 aliphatic heterocycles. The highest BCUT2D eigenvalue weighted by molar-refractivity contribution is 8.18. The summed E-state index contributed by atoms with van der Waals surface area (Å²) in [6.07, 6.45) is 2.34. The number of halogens is 4. The van der Waals surface area contributed by atoms with Crippen LogP contribution in [0.1, 0.15) is 64.1 Å². The minimum absolute atomic E-state index is 0.000899. The fourth-order valence-corrected chi connectivity index (χ4v) is 8.94. The Kier molecular flexibility index (Phi) is 7.93. The van der Waals surface area contributed by atoms with Crippen molar-refractivity contribution >= 4 is 51.9 Å². The number of fused-ring (bicyclic) bond motifs is 1. The summed E-state index contributed by atoms with van der Waals surface area (Å²) in [5.74, 6) is -1.31. The molecule has 13 heteroatoms. The van der Waals surface area contributed by atoms with Gasteiger partial charge in [-0.15, -0.1) is 0 Å². The molecule has 5 heterocycles. The Bertz CT molecular complexity index is 1670. The van der Waals surface area contributed by atoms with Crippen molar-refractivity contribution in [3.8, 4) is 0 Å². The number of hydrogen-bond acceptors (Lipinski definition) is 7. The average Bonchev–Trinajstić information content (AvgIpc) is 3.34. The monoisotopic (exact) mass is 688 g/mol. The van der Waals surface area contributed by atoms with Gasteiger partial charge in [-0.1, -0.05) is 49.2 Å². The minimum atomic E-state index is -1.30. The Morgan fingerprint density at radius 3 is 2.57 bits per heavy atom. The number of benzene rings is 1. The van der Waals surface area contributed by atoms with Crippen LogP contribution in [-0.2, 0) is 15.1 Å². The molecule has 1 N–H and O–H groups in total. The van der Waals surface area contributed by atoms with Crippen LogP contribution in [0.15, 0.2) is 52.1 Å². The van der Waals surface area contributed by atoms with Crippen molar-refractivity contribution < 1.29 is 18.4 Å². The third-order valence-electron chi connectivity index (χ3n) is 10.0. The van der Waals surface area contributed by atoms with Crippen molar-refractivity contribution in [2.45, 2.75) is 82.3 Å². The zero-order valence-electron chi connectivity index (χ0n) is 26.1. The molecule has 1 aliphatic carbocycles. The summed E-state index contributed by atoms with van der Waals surface area (Å²) in [7, 11) is 0. The maximum atomic E-state index is 15.1. The molecule has 2 amide bonds. The Hall–Kier alpha value is -2.73. The van der Waals surface area contributed by atoms with Crippen molar-refractivity contribution in [2.75, 3.05) is 19.6 Å². The molecular formula is C33H36Cl2F2N6O2S. The predicted octanol–water partition coefficient (Wildman–Crippen LogP) is 6.06. The number of hydrogen-bond donors (Lipinski definition) is 1. The van der Waals surface area contributed by atoms with Gasteiger partial charge in [0.05, 0.1) is 17.6 Å². The first-order valence-electron chi connectivity index (χ1n) is 15.7. The van der Waals surface area contributed by atoms with Gasteiger partial charge in [0.15, 0.2) is 5.17 Å². The maximum Gasteiger partial charge on any atom is 0.263 e. The number of amides is 2. The quantitative estimate of drug-likeness (QED) is 0.385. The molecule has 46 heavy (non-hydrogen) atoms. The van der Waals surface area contributed by atoms with Crippen LogP contribution in [0.5, 0.6) is 0 Å². The van der Waals surface area contributed by atoms with Crippen molar-refractivity contribution in [1.82, 2.24) is 25.0 Å². The van der Waals surface area contributed by atoms with Crippen LogP contribution < -0.4 is 5.32 Å². The Balaban J connectivity index is 1.27. The maximum absolute atomic E-state index is 15.1. The van der Waals surface area contributed by atoms with Gasteiger partial charge < -0.3 is 20.0 Å². The molecule has 7 rings (SSSR count). The van der Waals surface area contributed by atoms with Crippen LogP contribution in [0, 0.1) is 11.7 Å². The highest BCUT2D eigenvalue weighted by Crippen LogP contribution is 2.56. The Morgan fingerprint density at radius 1 is 1.15 bits per heavy atom. The highest BCUT2D eigenvalue weighted by Gasteiger charge is 2.55. The van der Waals surface area contributed by atoms with Gasteiger partial charge in [0.25, 0.3) is 5.91 Å². The van der Waals surface area contributed by atoms with Gasteiger partial charge in [0.1, 0.15) is 33.6 Å². The lowest BCUT2D eigenvalue weighted by molar-refractivity contribution is -0.144. The van der Waals surface area contributed by atoms with Gasteiger partial charge in [0, 0.05) is 48.5 Å². The van der Waals surface area contributed by atoms with E-state index in [1.165, 1.54) is 28.8 Å². The van der Waals surface area contributed by atoms with E-state index in [9.17, 15) is 14.0 Å². The van der Waals surface area contributed by atoms with E-state index in [1.807, 2.05) is 43.6 Å². The molecule has 0 radical (unpaired) electrons. The van der Waals surface area contributed by atoms with Gasteiger partial charge in [-0.05, 0) is 68.1 Å². The first-order valence-corrected chi connectivity index (χ1v) is 17.3. The van der Waals surface area contributed by atoms with E-state index in [0.717, 1.165) is 18.4 Å². The van der Waals surface area contributed by atoms with Crippen LogP contribution in [0.3, 0.4) is 0 Å².